The average Bonchev–Trinajstić information content (AvgIpc) is 2.59. The number of imide groups is 1. The number of nitrogens with zero attached hydrogens (tertiary/aromatic N) is 3. The number of aromatic nitrogens is 2. The molecule has 0 fully saturated rings. The highest BCUT2D eigenvalue weighted by Crippen LogP contribution is 2.20. The van der Waals surface area contributed by atoms with Crippen LogP contribution in [-0.2, 0) is 23.1 Å². The molecule has 0 radical (unpaired) electrons. The minimum atomic E-state index is -0.774. The number of aryl methyl sites for hydroxylation is 1. The zero-order chi connectivity index (χ0) is 18.0. The lowest BCUT2D eigenvalue weighted by Gasteiger charge is -2.28. The predicted molar refractivity (Wildman–Crippen MR) is 88.9 cm³/mol. The second kappa shape index (κ2) is 6.90. The standard InChI is InChI=1S/C15H24BrN3O4/c1-14(2,3)22-12(20)19(13(21)23-15(4,5)6)9-11-10(16)8-18(7)17-11/h8H,9H2,1-7H3. The summed E-state index contributed by atoms with van der Waals surface area (Å²) in [6.45, 7) is 10.3. The Morgan fingerprint density at radius 3 is 1.87 bits per heavy atom. The fourth-order valence-corrected chi connectivity index (χ4v) is 2.10. The van der Waals surface area contributed by atoms with E-state index in [1.807, 2.05) is 0 Å². The summed E-state index contributed by atoms with van der Waals surface area (Å²) in [7, 11) is 1.75. The molecule has 1 rings (SSSR count). The van der Waals surface area contributed by atoms with Gasteiger partial charge in [-0.05, 0) is 57.5 Å². The summed E-state index contributed by atoms with van der Waals surface area (Å²) in [5.41, 5.74) is -0.915. The number of hydrogen-bond donors (Lipinski definition) is 0. The van der Waals surface area contributed by atoms with Gasteiger partial charge in [-0.3, -0.25) is 4.68 Å². The number of amides is 2. The Hall–Kier alpha value is -1.57. The monoisotopic (exact) mass is 389 g/mol. The van der Waals surface area contributed by atoms with Crippen molar-refractivity contribution < 1.29 is 19.1 Å². The first-order valence-electron chi connectivity index (χ1n) is 7.20. The molecule has 1 aromatic rings. The second-order valence-electron chi connectivity index (χ2n) is 7.14. The van der Waals surface area contributed by atoms with Crippen LogP contribution in [-0.4, -0.2) is 38.1 Å². The molecule has 23 heavy (non-hydrogen) atoms. The minimum Gasteiger partial charge on any atom is -0.443 e. The number of rotatable bonds is 2. The summed E-state index contributed by atoms with van der Waals surface area (Å²) in [5.74, 6) is 0. The Morgan fingerprint density at radius 1 is 1.13 bits per heavy atom. The number of halogens is 1. The fourth-order valence-electron chi connectivity index (χ4n) is 1.60. The summed E-state index contributed by atoms with van der Waals surface area (Å²) in [4.78, 5) is 25.6. The van der Waals surface area contributed by atoms with Crippen molar-refractivity contribution in [2.75, 3.05) is 0 Å². The lowest BCUT2D eigenvalue weighted by molar-refractivity contribution is -0.000537. The van der Waals surface area contributed by atoms with Crippen LogP contribution in [0.2, 0.25) is 0 Å². The molecule has 0 aliphatic heterocycles. The Labute approximate surface area is 145 Å². The van der Waals surface area contributed by atoms with Crippen molar-refractivity contribution in [2.24, 2.45) is 7.05 Å². The fraction of sp³-hybridized carbons (Fsp3) is 0.667. The molecule has 0 aromatic carbocycles. The maximum absolute atomic E-state index is 12.4. The molecular formula is C15H24BrN3O4. The number of carbonyl (C=O) groups excluding carboxylic acids is 2. The number of carbonyl (C=O) groups is 2. The van der Waals surface area contributed by atoms with Gasteiger partial charge >= 0.3 is 12.2 Å². The third kappa shape index (κ3) is 6.60. The molecule has 0 unspecified atom stereocenters. The molecule has 130 valence electrons. The molecule has 1 heterocycles. The second-order valence-corrected chi connectivity index (χ2v) is 8.00. The molecule has 0 spiro atoms. The van der Waals surface area contributed by atoms with Gasteiger partial charge in [0, 0.05) is 13.2 Å². The number of ether oxygens (including phenoxy) is 2. The van der Waals surface area contributed by atoms with Crippen LogP contribution in [0.3, 0.4) is 0 Å². The van der Waals surface area contributed by atoms with E-state index in [9.17, 15) is 9.59 Å². The van der Waals surface area contributed by atoms with Gasteiger partial charge in [-0.2, -0.15) is 5.10 Å². The third-order valence-corrected chi connectivity index (χ3v) is 3.05. The first-order chi connectivity index (χ1) is 10.3. The maximum atomic E-state index is 12.4. The predicted octanol–water partition coefficient (Wildman–Crippen LogP) is 3.85. The highest BCUT2D eigenvalue weighted by Gasteiger charge is 2.32. The largest absolute Gasteiger partial charge is 0.443 e. The topological polar surface area (TPSA) is 73.7 Å². The van der Waals surface area contributed by atoms with Crippen LogP contribution in [0.4, 0.5) is 9.59 Å². The Balaban J connectivity index is 3.03. The molecule has 0 N–H and O–H groups in total. The smallest absolute Gasteiger partial charge is 0.420 e. The zero-order valence-corrected chi connectivity index (χ0v) is 16.2. The molecule has 2 amide bonds. The first kappa shape index (κ1) is 19.5. The van der Waals surface area contributed by atoms with E-state index in [0.717, 1.165) is 4.90 Å². The first-order valence-corrected chi connectivity index (χ1v) is 7.99. The molecule has 0 bridgehead atoms. The normalized spacial score (nSPS) is 12.0. The SMILES string of the molecule is Cn1cc(Br)c(CN(C(=O)OC(C)(C)C)C(=O)OC(C)(C)C)n1. The van der Waals surface area contributed by atoms with Crippen LogP contribution in [0, 0.1) is 0 Å². The molecule has 0 aliphatic rings. The van der Waals surface area contributed by atoms with E-state index in [-0.39, 0.29) is 6.54 Å². The average molecular weight is 390 g/mol. The van der Waals surface area contributed by atoms with Gasteiger partial charge in [-0.1, -0.05) is 0 Å². The molecular weight excluding hydrogens is 366 g/mol. The summed E-state index contributed by atoms with van der Waals surface area (Å²) in [5, 5.41) is 4.22. The molecule has 0 saturated heterocycles. The van der Waals surface area contributed by atoms with Crippen molar-refractivity contribution in [2.45, 2.75) is 59.3 Å². The summed E-state index contributed by atoms with van der Waals surface area (Å²) >= 11 is 3.35. The van der Waals surface area contributed by atoms with Crippen LogP contribution in [0.5, 0.6) is 0 Å². The van der Waals surface area contributed by atoms with Gasteiger partial charge in [0.2, 0.25) is 0 Å². The Kier molecular flexibility index (Phi) is 5.84. The quantitative estimate of drug-likeness (QED) is 0.767. The van der Waals surface area contributed by atoms with Crippen molar-refractivity contribution in [3.05, 3.63) is 16.4 Å². The van der Waals surface area contributed by atoms with Gasteiger partial charge in [0.1, 0.15) is 11.2 Å². The van der Waals surface area contributed by atoms with Crippen molar-refractivity contribution in [1.29, 1.82) is 0 Å². The van der Waals surface area contributed by atoms with E-state index >= 15 is 0 Å². The van der Waals surface area contributed by atoms with Gasteiger partial charge in [0.25, 0.3) is 0 Å². The summed E-state index contributed by atoms with van der Waals surface area (Å²) < 4.78 is 12.9. The van der Waals surface area contributed by atoms with Crippen LogP contribution in [0.1, 0.15) is 47.2 Å². The molecule has 0 saturated carbocycles. The van der Waals surface area contributed by atoms with E-state index in [4.69, 9.17) is 9.47 Å². The van der Waals surface area contributed by atoms with Crippen LogP contribution in [0.25, 0.3) is 0 Å². The summed E-state index contributed by atoms with van der Waals surface area (Å²) in [6, 6.07) is 0. The van der Waals surface area contributed by atoms with Gasteiger partial charge in [-0.15, -0.1) is 0 Å². The van der Waals surface area contributed by atoms with Crippen molar-refractivity contribution in [3.63, 3.8) is 0 Å². The molecule has 8 heteroatoms. The zero-order valence-electron chi connectivity index (χ0n) is 14.6. The highest BCUT2D eigenvalue weighted by molar-refractivity contribution is 9.10. The molecule has 1 aromatic heterocycles. The van der Waals surface area contributed by atoms with E-state index in [2.05, 4.69) is 21.0 Å². The Bertz CT molecular complexity index is 557. The van der Waals surface area contributed by atoms with E-state index in [1.165, 1.54) is 0 Å². The molecule has 0 atom stereocenters. The highest BCUT2D eigenvalue weighted by atomic mass is 79.9. The Morgan fingerprint density at radius 2 is 1.57 bits per heavy atom. The maximum Gasteiger partial charge on any atom is 0.420 e. The van der Waals surface area contributed by atoms with Gasteiger partial charge < -0.3 is 9.47 Å². The van der Waals surface area contributed by atoms with Gasteiger partial charge in [0.05, 0.1) is 16.7 Å². The van der Waals surface area contributed by atoms with Gasteiger partial charge in [-0.25, -0.2) is 14.5 Å². The van der Waals surface area contributed by atoms with Crippen molar-refractivity contribution >= 4 is 28.1 Å². The van der Waals surface area contributed by atoms with Crippen LogP contribution >= 0.6 is 15.9 Å². The van der Waals surface area contributed by atoms with Crippen molar-refractivity contribution in [3.8, 4) is 0 Å². The lowest BCUT2D eigenvalue weighted by Crippen LogP contribution is -2.43. The van der Waals surface area contributed by atoms with E-state index in [0.29, 0.717) is 10.2 Å². The molecule has 7 nitrogen and oxygen atoms in total. The van der Waals surface area contributed by atoms with Crippen LogP contribution < -0.4 is 0 Å². The summed E-state index contributed by atoms with van der Waals surface area (Å²) in [6.07, 6.45) is 0.186. The van der Waals surface area contributed by atoms with Gasteiger partial charge in [0.15, 0.2) is 0 Å². The number of hydrogen-bond acceptors (Lipinski definition) is 5. The van der Waals surface area contributed by atoms with Crippen LogP contribution in [0.15, 0.2) is 10.7 Å². The molecule has 0 aliphatic carbocycles. The van der Waals surface area contributed by atoms with E-state index in [1.54, 1.807) is 59.5 Å². The minimum absolute atomic E-state index is 0.0503. The lowest BCUT2D eigenvalue weighted by atomic mass is 10.2. The van der Waals surface area contributed by atoms with E-state index < -0.39 is 23.4 Å². The third-order valence-electron chi connectivity index (χ3n) is 2.39. The van der Waals surface area contributed by atoms with Crippen molar-refractivity contribution in [1.82, 2.24) is 14.7 Å².